The fourth-order valence-electron chi connectivity index (χ4n) is 1.86. The van der Waals surface area contributed by atoms with Gasteiger partial charge in [-0.15, -0.1) is 24.0 Å². The number of hydrogen-bond donors (Lipinski definition) is 2. The van der Waals surface area contributed by atoms with Crippen LogP contribution < -0.4 is 10.6 Å². The molecule has 25 heavy (non-hydrogen) atoms. The molecule has 2 N–H and O–H groups in total. The van der Waals surface area contributed by atoms with Gasteiger partial charge in [-0.05, 0) is 52.1 Å². The van der Waals surface area contributed by atoms with Crippen molar-refractivity contribution in [1.82, 2.24) is 15.5 Å². The van der Waals surface area contributed by atoms with Crippen molar-refractivity contribution in [3.63, 3.8) is 0 Å². The first-order valence-electron chi connectivity index (χ1n) is 7.84. The minimum atomic E-state index is -4.29. The monoisotopic (exact) mass is 472 g/mol. The van der Waals surface area contributed by atoms with Crippen molar-refractivity contribution >= 4 is 29.9 Å². The van der Waals surface area contributed by atoms with Gasteiger partial charge in [0, 0.05) is 25.7 Å². The molecule has 1 aromatic carbocycles. The van der Waals surface area contributed by atoms with Crippen LogP contribution in [0.4, 0.5) is 13.2 Å². The zero-order chi connectivity index (χ0) is 18.4. The number of halogens is 4. The Balaban J connectivity index is 0.00000576. The first kappa shape index (κ1) is 24.0. The van der Waals surface area contributed by atoms with Crippen LogP contribution in [0.1, 0.15) is 25.0 Å². The summed E-state index contributed by atoms with van der Waals surface area (Å²) in [6, 6.07) is 5.25. The van der Waals surface area contributed by atoms with Gasteiger partial charge >= 0.3 is 6.18 Å². The second-order valence-electron chi connectivity index (χ2n) is 6.50. The van der Waals surface area contributed by atoms with Crippen LogP contribution in [0, 0.1) is 0 Å². The van der Waals surface area contributed by atoms with E-state index in [0.717, 1.165) is 24.2 Å². The van der Waals surface area contributed by atoms with Gasteiger partial charge in [0.25, 0.3) is 0 Å². The second kappa shape index (κ2) is 10.2. The number of hydrogen-bond acceptors (Lipinski definition) is 2. The van der Waals surface area contributed by atoms with E-state index in [0.29, 0.717) is 18.9 Å². The SMILES string of the molecule is CN=C(NCCc1ccc(C(F)(F)F)cc1)NCC(C)(C)N(C)C.I. The highest BCUT2D eigenvalue weighted by Crippen LogP contribution is 2.29. The third-order valence-corrected chi connectivity index (χ3v) is 4.11. The molecule has 4 nitrogen and oxygen atoms in total. The lowest BCUT2D eigenvalue weighted by Crippen LogP contribution is -2.51. The van der Waals surface area contributed by atoms with Gasteiger partial charge in [0.2, 0.25) is 0 Å². The molecule has 0 fully saturated rings. The Kier molecular flexibility index (Phi) is 9.78. The number of nitrogens with one attached hydrogen (secondary N) is 2. The first-order valence-corrected chi connectivity index (χ1v) is 7.84. The molecule has 0 saturated carbocycles. The Hall–Kier alpha value is -1.03. The zero-order valence-corrected chi connectivity index (χ0v) is 17.7. The number of alkyl halides is 3. The zero-order valence-electron chi connectivity index (χ0n) is 15.4. The van der Waals surface area contributed by atoms with Crippen molar-refractivity contribution in [2.75, 3.05) is 34.2 Å². The van der Waals surface area contributed by atoms with E-state index in [-0.39, 0.29) is 29.5 Å². The number of aliphatic imine (C=N–C) groups is 1. The molecule has 0 bridgehead atoms. The average Bonchev–Trinajstić information content (AvgIpc) is 2.50. The summed E-state index contributed by atoms with van der Waals surface area (Å²) >= 11 is 0. The van der Waals surface area contributed by atoms with Crippen LogP contribution in [0.15, 0.2) is 29.3 Å². The van der Waals surface area contributed by atoms with Gasteiger partial charge in [-0.25, -0.2) is 0 Å². The molecule has 0 aliphatic carbocycles. The highest BCUT2D eigenvalue weighted by molar-refractivity contribution is 14.0. The van der Waals surface area contributed by atoms with E-state index >= 15 is 0 Å². The van der Waals surface area contributed by atoms with E-state index in [2.05, 4.69) is 34.4 Å². The maximum absolute atomic E-state index is 12.5. The predicted molar refractivity (Wildman–Crippen MR) is 108 cm³/mol. The van der Waals surface area contributed by atoms with Gasteiger partial charge in [0.05, 0.1) is 5.56 Å². The number of likely N-dealkylation sites (N-methyl/N-ethyl adjacent to an activating group) is 1. The molecular formula is C17H28F3IN4. The summed E-state index contributed by atoms with van der Waals surface area (Å²) in [6.45, 7) is 5.55. The molecule has 0 saturated heterocycles. The van der Waals surface area contributed by atoms with E-state index in [9.17, 15) is 13.2 Å². The summed E-state index contributed by atoms with van der Waals surface area (Å²) in [5, 5.41) is 6.43. The van der Waals surface area contributed by atoms with Gasteiger partial charge in [0.15, 0.2) is 5.96 Å². The van der Waals surface area contributed by atoms with E-state index in [1.54, 1.807) is 7.05 Å². The highest BCUT2D eigenvalue weighted by Gasteiger charge is 2.29. The summed E-state index contributed by atoms with van der Waals surface area (Å²) in [6.07, 6.45) is -3.67. The molecule has 0 atom stereocenters. The third-order valence-electron chi connectivity index (χ3n) is 4.11. The molecule has 0 spiro atoms. The molecular weight excluding hydrogens is 444 g/mol. The molecule has 144 valence electrons. The summed E-state index contributed by atoms with van der Waals surface area (Å²) in [5.74, 6) is 0.678. The number of guanidine groups is 1. The van der Waals surface area contributed by atoms with Crippen molar-refractivity contribution in [3.8, 4) is 0 Å². The van der Waals surface area contributed by atoms with E-state index < -0.39 is 11.7 Å². The first-order chi connectivity index (χ1) is 11.1. The van der Waals surface area contributed by atoms with Crippen LogP contribution in [0.25, 0.3) is 0 Å². The van der Waals surface area contributed by atoms with Gasteiger partial charge in [-0.3, -0.25) is 4.99 Å². The largest absolute Gasteiger partial charge is 0.416 e. The van der Waals surface area contributed by atoms with Crippen molar-refractivity contribution in [1.29, 1.82) is 0 Å². The fourth-order valence-corrected chi connectivity index (χ4v) is 1.86. The quantitative estimate of drug-likeness (QED) is 0.379. The lowest BCUT2D eigenvalue weighted by atomic mass is 10.0. The molecule has 0 aliphatic rings. The Morgan fingerprint density at radius 3 is 2.08 bits per heavy atom. The lowest BCUT2D eigenvalue weighted by molar-refractivity contribution is -0.137. The predicted octanol–water partition coefficient (Wildman–Crippen LogP) is 3.37. The van der Waals surface area contributed by atoms with Gasteiger partial charge in [-0.2, -0.15) is 13.2 Å². The molecule has 0 radical (unpaired) electrons. The standard InChI is InChI=1S/C17H27F3N4.HI/c1-16(2,24(4)5)12-23-15(21-3)22-11-10-13-6-8-14(9-7-13)17(18,19)20;/h6-9H,10-12H2,1-5H3,(H2,21,22,23);1H. The summed E-state index contributed by atoms with van der Waals surface area (Å²) in [4.78, 5) is 6.28. The third kappa shape index (κ3) is 8.26. The fraction of sp³-hybridized carbons (Fsp3) is 0.588. The lowest BCUT2D eigenvalue weighted by Gasteiger charge is -2.33. The van der Waals surface area contributed by atoms with E-state index in [4.69, 9.17) is 0 Å². The highest BCUT2D eigenvalue weighted by atomic mass is 127. The van der Waals surface area contributed by atoms with Crippen molar-refractivity contribution in [2.45, 2.75) is 32.0 Å². The van der Waals surface area contributed by atoms with Crippen LogP contribution in [-0.4, -0.2) is 50.6 Å². The maximum Gasteiger partial charge on any atom is 0.416 e. The van der Waals surface area contributed by atoms with E-state index in [1.807, 2.05) is 14.1 Å². The molecule has 0 heterocycles. The summed E-state index contributed by atoms with van der Waals surface area (Å²) in [7, 11) is 5.72. The molecule has 8 heteroatoms. The van der Waals surface area contributed by atoms with Crippen LogP contribution in [-0.2, 0) is 12.6 Å². The normalized spacial score (nSPS) is 12.8. The molecule has 0 aliphatic heterocycles. The Labute approximate surface area is 165 Å². The van der Waals surface area contributed by atoms with Crippen molar-refractivity contribution in [3.05, 3.63) is 35.4 Å². The van der Waals surface area contributed by atoms with Gasteiger partial charge in [-0.1, -0.05) is 12.1 Å². The minimum absolute atomic E-state index is 0. The number of nitrogens with zero attached hydrogens (tertiary/aromatic N) is 2. The van der Waals surface area contributed by atoms with E-state index in [1.165, 1.54) is 12.1 Å². The number of rotatable bonds is 6. The molecule has 1 rings (SSSR count). The van der Waals surface area contributed by atoms with Crippen molar-refractivity contribution < 1.29 is 13.2 Å². The number of benzene rings is 1. The van der Waals surface area contributed by atoms with Gasteiger partial charge in [0.1, 0.15) is 0 Å². The Morgan fingerprint density at radius 2 is 1.64 bits per heavy atom. The average molecular weight is 472 g/mol. The topological polar surface area (TPSA) is 39.7 Å². The van der Waals surface area contributed by atoms with Crippen molar-refractivity contribution in [2.24, 2.45) is 4.99 Å². The van der Waals surface area contributed by atoms with Crippen LogP contribution >= 0.6 is 24.0 Å². The Morgan fingerprint density at radius 1 is 1.08 bits per heavy atom. The summed E-state index contributed by atoms with van der Waals surface area (Å²) in [5.41, 5.74) is 0.201. The van der Waals surface area contributed by atoms with Crippen LogP contribution in [0.5, 0.6) is 0 Å². The Bertz CT molecular complexity index is 540. The molecule has 0 aromatic heterocycles. The van der Waals surface area contributed by atoms with Crippen LogP contribution in [0.2, 0.25) is 0 Å². The molecule has 1 aromatic rings. The van der Waals surface area contributed by atoms with Crippen LogP contribution in [0.3, 0.4) is 0 Å². The smallest absolute Gasteiger partial charge is 0.356 e. The minimum Gasteiger partial charge on any atom is -0.356 e. The second-order valence-corrected chi connectivity index (χ2v) is 6.50. The molecule has 0 unspecified atom stereocenters. The van der Waals surface area contributed by atoms with Gasteiger partial charge < -0.3 is 15.5 Å². The maximum atomic E-state index is 12.5. The molecule has 0 amide bonds. The summed E-state index contributed by atoms with van der Waals surface area (Å²) < 4.78 is 37.6.